The van der Waals surface area contributed by atoms with Gasteiger partial charge in [-0.2, -0.15) is 18.2 Å². The lowest BCUT2D eigenvalue weighted by atomic mass is 9.94. The van der Waals surface area contributed by atoms with Crippen molar-refractivity contribution in [1.29, 1.82) is 0 Å². The molecule has 1 aromatic heterocycles. The minimum atomic E-state index is -4.57. The van der Waals surface area contributed by atoms with E-state index in [2.05, 4.69) is 15.0 Å². The summed E-state index contributed by atoms with van der Waals surface area (Å²) < 4.78 is 47.4. The summed E-state index contributed by atoms with van der Waals surface area (Å²) in [7, 11) is 0. The maximum Gasteiger partial charge on any atom is 0.417 e. The number of benzene rings is 3. The molecule has 1 N–H and O–H groups in total. The second-order valence-corrected chi connectivity index (χ2v) is 9.15. The number of hydrogen-bond donors (Lipinski definition) is 1. The summed E-state index contributed by atoms with van der Waals surface area (Å²) in [6.45, 7) is 3.63. The van der Waals surface area contributed by atoms with E-state index < -0.39 is 17.7 Å². The summed E-state index contributed by atoms with van der Waals surface area (Å²) in [5.41, 5.74) is 3.66. The van der Waals surface area contributed by atoms with Crippen LogP contribution in [0, 0.1) is 6.92 Å². The van der Waals surface area contributed by atoms with Gasteiger partial charge in [-0.1, -0.05) is 47.6 Å². The van der Waals surface area contributed by atoms with E-state index in [4.69, 9.17) is 9.63 Å². The van der Waals surface area contributed by atoms with Crippen molar-refractivity contribution in [3.8, 4) is 34.0 Å². The fraction of sp³-hybridized carbons (Fsp3) is 0.250. The Balaban J connectivity index is 1.44. The minimum Gasteiger partial charge on any atom is -0.481 e. The number of aryl methyl sites for hydroxylation is 1. The summed E-state index contributed by atoms with van der Waals surface area (Å²) >= 11 is 0. The molecule has 0 atom stereocenters. The highest BCUT2D eigenvalue weighted by Crippen LogP contribution is 2.40. The number of hydrogen-bond acceptors (Lipinski definition) is 5. The van der Waals surface area contributed by atoms with Crippen molar-refractivity contribution in [3.05, 3.63) is 82.9 Å². The first-order valence-corrected chi connectivity index (χ1v) is 11.9. The van der Waals surface area contributed by atoms with Crippen molar-refractivity contribution >= 4 is 5.97 Å². The van der Waals surface area contributed by atoms with Gasteiger partial charge in [-0.15, -0.1) is 0 Å². The van der Waals surface area contributed by atoms with Gasteiger partial charge in [0.1, 0.15) is 0 Å². The second kappa shape index (κ2) is 9.82. The fourth-order valence-corrected chi connectivity index (χ4v) is 4.68. The summed E-state index contributed by atoms with van der Waals surface area (Å²) in [5.74, 6) is -0.561. The van der Waals surface area contributed by atoms with Crippen LogP contribution in [0.3, 0.4) is 0 Å². The van der Waals surface area contributed by atoms with Crippen LogP contribution < -0.4 is 0 Å². The molecule has 190 valence electrons. The van der Waals surface area contributed by atoms with Crippen molar-refractivity contribution in [3.63, 3.8) is 0 Å². The van der Waals surface area contributed by atoms with Crippen LogP contribution in [0.25, 0.3) is 34.0 Å². The molecule has 0 fully saturated rings. The van der Waals surface area contributed by atoms with Gasteiger partial charge in [0.2, 0.25) is 5.82 Å². The maximum absolute atomic E-state index is 14.0. The van der Waals surface area contributed by atoms with Crippen LogP contribution in [-0.4, -0.2) is 39.2 Å². The highest BCUT2D eigenvalue weighted by atomic mass is 19.4. The Bertz CT molecular complexity index is 1460. The first-order chi connectivity index (χ1) is 17.7. The fourth-order valence-electron chi connectivity index (χ4n) is 4.68. The number of carboxylic acid groups (broad SMARTS) is 1. The molecule has 9 heteroatoms. The number of aliphatic carboxylic acids is 1. The second-order valence-electron chi connectivity index (χ2n) is 9.15. The van der Waals surface area contributed by atoms with Crippen molar-refractivity contribution in [2.24, 2.45) is 0 Å². The molecule has 0 unspecified atom stereocenters. The monoisotopic (exact) mass is 507 g/mol. The predicted molar refractivity (Wildman–Crippen MR) is 132 cm³/mol. The number of carbonyl (C=O) groups is 1. The van der Waals surface area contributed by atoms with E-state index in [9.17, 15) is 18.0 Å². The minimum absolute atomic E-state index is 0.00219. The third-order valence-electron chi connectivity index (χ3n) is 6.63. The van der Waals surface area contributed by atoms with Gasteiger partial charge < -0.3 is 9.63 Å². The number of fused-ring (bicyclic) bond motifs is 1. The Morgan fingerprint density at radius 2 is 1.81 bits per heavy atom. The summed E-state index contributed by atoms with van der Waals surface area (Å²) in [4.78, 5) is 17.4. The number of halogens is 3. The zero-order valence-corrected chi connectivity index (χ0v) is 20.0. The molecule has 0 saturated heterocycles. The topological polar surface area (TPSA) is 79.5 Å². The summed E-state index contributed by atoms with van der Waals surface area (Å²) in [6.07, 6.45) is -3.69. The van der Waals surface area contributed by atoms with Gasteiger partial charge in [-0.25, -0.2) is 0 Å². The van der Waals surface area contributed by atoms with E-state index >= 15 is 0 Å². The van der Waals surface area contributed by atoms with E-state index in [1.165, 1.54) is 11.6 Å². The highest BCUT2D eigenvalue weighted by Gasteiger charge is 2.35. The first kappa shape index (κ1) is 24.7. The third kappa shape index (κ3) is 5.27. The smallest absolute Gasteiger partial charge is 0.417 e. The maximum atomic E-state index is 14.0. The Morgan fingerprint density at radius 3 is 2.57 bits per heavy atom. The number of alkyl halides is 3. The van der Waals surface area contributed by atoms with Gasteiger partial charge in [-0.05, 0) is 59.4 Å². The Kier molecular flexibility index (Phi) is 6.55. The Hall–Kier alpha value is -3.98. The van der Waals surface area contributed by atoms with Gasteiger partial charge in [0, 0.05) is 30.8 Å². The average Bonchev–Trinajstić information content (AvgIpc) is 3.37. The lowest BCUT2D eigenvalue weighted by Gasteiger charge is -2.28. The SMILES string of the molecule is Cc1ccccc1-c1ccc(-c2nc(-c3ccc4c(c3)CN(CCC(=O)O)CC4)no2)cc1C(F)(F)F. The van der Waals surface area contributed by atoms with Crippen molar-refractivity contribution in [1.82, 2.24) is 15.0 Å². The quantitative estimate of drug-likeness (QED) is 0.333. The van der Waals surface area contributed by atoms with Gasteiger partial charge in [0.15, 0.2) is 0 Å². The van der Waals surface area contributed by atoms with Gasteiger partial charge in [-0.3, -0.25) is 9.69 Å². The summed E-state index contributed by atoms with van der Waals surface area (Å²) in [6, 6.07) is 16.8. The molecule has 0 bridgehead atoms. The molecule has 6 nitrogen and oxygen atoms in total. The van der Waals surface area contributed by atoms with Crippen LogP contribution in [0.1, 0.15) is 28.7 Å². The summed E-state index contributed by atoms with van der Waals surface area (Å²) in [5, 5.41) is 13.0. The largest absolute Gasteiger partial charge is 0.481 e. The molecular weight excluding hydrogens is 483 g/mol. The number of nitrogens with zero attached hydrogens (tertiary/aromatic N) is 3. The number of aromatic nitrogens is 2. The van der Waals surface area contributed by atoms with Crippen molar-refractivity contribution in [2.75, 3.05) is 13.1 Å². The molecule has 1 aliphatic heterocycles. The Labute approximate surface area is 211 Å². The molecule has 37 heavy (non-hydrogen) atoms. The van der Waals surface area contributed by atoms with Crippen LogP contribution in [0.4, 0.5) is 13.2 Å². The zero-order valence-electron chi connectivity index (χ0n) is 20.0. The highest BCUT2D eigenvalue weighted by molar-refractivity contribution is 5.74. The first-order valence-electron chi connectivity index (χ1n) is 11.9. The van der Waals surface area contributed by atoms with E-state index in [1.807, 2.05) is 18.2 Å². The van der Waals surface area contributed by atoms with E-state index in [0.29, 0.717) is 24.2 Å². The number of carboxylic acids is 1. The van der Waals surface area contributed by atoms with Crippen LogP contribution in [0.2, 0.25) is 0 Å². The van der Waals surface area contributed by atoms with Gasteiger partial charge >= 0.3 is 12.1 Å². The third-order valence-corrected chi connectivity index (χ3v) is 6.63. The molecule has 0 spiro atoms. The van der Waals surface area contributed by atoms with E-state index in [0.717, 1.165) is 30.2 Å². The molecular formula is C28H24F3N3O3. The van der Waals surface area contributed by atoms with E-state index in [1.54, 1.807) is 37.3 Å². The molecule has 1 aliphatic rings. The lowest BCUT2D eigenvalue weighted by Crippen LogP contribution is -2.32. The van der Waals surface area contributed by atoms with Gasteiger partial charge in [0.05, 0.1) is 12.0 Å². The van der Waals surface area contributed by atoms with Crippen LogP contribution in [0.5, 0.6) is 0 Å². The van der Waals surface area contributed by atoms with Crippen molar-refractivity contribution in [2.45, 2.75) is 32.5 Å². The lowest BCUT2D eigenvalue weighted by molar-refractivity contribution is -0.138. The normalized spacial score (nSPS) is 13.9. The molecule has 4 aromatic rings. The van der Waals surface area contributed by atoms with Crippen LogP contribution >= 0.6 is 0 Å². The molecule has 3 aromatic carbocycles. The van der Waals surface area contributed by atoms with Crippen LogP contribution in [-0.2, 0) is 23.9 Å². The van der Waals surface area contributed by atoms with Crippen LogP contribution in [0.15, 0.2) is 65.2 Å². The molecule has 5 rings (SSSR count). The Morgan fingerprint density at radius 1 is 1.03 bits per heavy atom. The number of rotatable bonds is 6. The van der Waals surface area contributed by atoms with E-state index in [-0.39, 0.29) is 29.3 Å². The standard InChI is InChI=1S/C28H24F3N3O3/c1-17-4-2-3-5-22(17)23-9-8-20(15-24(23)28(29,30)31)27-32-26(33-37-27)19-7-6-18-10-12-34(13-11-25(35)36)16-21(18)14-19/h2-9,14-15H,10-13,16H2,1H3,(H,35,36). The van der Waals surface area contributed by atoms with Gasteiger partial charge in [0.25, 0.3) is 5.89 Å². The molecule has 0 radical (unpaired) electrons. The molecule has 0 saturated carbocycles. The molecule has 2 heterocycles. The molecule has 0 aliphatic carbocycles. The van der Waals surface area contributed by atoms with Crippen molar-refractivity contribution < 1.29 is 27.6 Å². The zero-order chi connectivity index (χ0) is 26.2. The predicted octanol–water partition coefficient (Wildman–Crippen LogP) is 6.23. The average molecular weight is 508 g/mol. The molecule has 0 amide bonds.